The zero-order valence-electron chi connectivity index (χ0n) is 17.0. The second kappa shape index (κ2) is 9.68. The molecule has 1 amide bonds. The molecule has 0 spiro atoms. The number of hydrogen-bond acceptors (Lipinski definition) is 4. The van der Waals surface area contributed by atoms with Crippen LogP contribution in [-0.2, 0) is 11.3 Å². The molecule has 1 aromatic heterocycles. The Balaban J connectivity index is 1.68. The average Bonchev–Trinajstić information content (AvgIpc) is 3.13. The van der Waals surface area contributed by atoms with Crippen molar-refractivity contribution in [1.82, 2.24) is 4.57 Å². The highest BCUT2D eigenvalue weighted by Crippen LogP contribution is 2.23. The Kier molecular flexibility index (Phi) is 6.54. The summed E-state index contributed by atoms with van der Waals surface area (Å²) in [5.41, 5.74) is 0.822. The minimum Gasteiger partial charge on any atom is -0.457 e. The number of para-hydroxylation sites is 2. The van der Waals surface area contributed by atoms with Crippen LogP contribution in [0.4, 0.5) is 4.39 Å². The quantitative estimate of drug-likeness (QED) is 0.364. The van der Waals surface area contributed by atoms with Crippen molar-refractivity contribution in [3.05, 3.63) is 89.0 Å². The van der Waals surface area contributed by atoms with Gasteiger partial charge in [-0.1, -0.05) is 41.7 Å². The third kappa shape index (κ3) is 4.90. The molecule has 1 heterocycles. The summed E-state index contributed by atoms with van der Waals surface area (Å²) in [6, 6.07) is 21.1. The molecule has 0 bridgehead atoms. The van der Waals surface area contributed by atoms with Crippen LogP contribution in [0.15, 0.2) is 77.8 Å². The van der Waals surface area contributed by atoms with Crippen LogP contribution in [0.2, 0.25) is 0 Å². The van der Waals surface area contributed by atoms with E-state index in [-0.39, 0.29) is 5.82 Å². The molecule has 0 aliphatic rings. The van der Waals surface area contributed by atoms with Crippen molar-refractivity contribution in [1.29, 1.82) is 0 Å². The molecule has 3 aromatic carbocycles. The zero-order valence-corrected chi connectivity index (χ0v) is 17.8. The van der Waals surface area contributed by atoms with Gasteiger partial charge in [0.05, 0.1) is 16.8 Å². The monoisotopic (exact) mass is 436 g/mol. The van der Waals surface area contributed by atoms with Crippen molar-refractivity contribution in [2.45, 2.75) is 13.5 Å². The summed E-state index contributed by atoms with van der Waals surface area (Å²) in [5.74, 6) is 0.449. The van der Waals surface area contributed by atoms with Crippen molar-refractivity contribution >= 4 is 27.5 Å². The highest BCUT2D eigenvalue weighted by atomic mass is 32.1. The molecular weight excluding hydrogens is 415 g/mol. The largest absolute Gasteiger partial charge is 0.457 e. The number of rotatable bonds is 7. The minimum atomic E-state index is -0.421. The van der Waals surface area contributed by atoms with Crippen molar-refractivity contribution in [2.75, 3.05) is 13.2 Å². The number of amides is 1. The maximum absolute atomic E-state index is 14.5. The van der Waals surface area contributed by atoms with Gasteiger partial charge in [0, 0.05) is 18.7 Å². The van der Waals surface area contributed by atoms with Crippen molar-refractivity contribution in [2.24, 2.45) is 4.99 Å². The fourth-order valence-electron chi connectivity index (χ4n) is 3.15. The lowest BCUT2D eigenvalue weighted by Gasteiger charge is -2.07. The molecular formula is C24H21FN2O3S. The molecule has 0 fully saturated rings. The average molecular weight is 437 g/mol. The summed E-state index contributed by atoms with van der Waals surface area (Å²) in [5, 5.41) is 0. The highest BCUT2D eigenvalue weighted by Gasteiger charge is 2.13. The summed E-state index contributed by atoms with van der Waals surface area (Å²) in [6.07, 6.45) is 0. The van der Waals surface area contributed by atoms with Gasteiger partial charge in [0.15, 0.2) is 4.80 Å². The number of nitrogens with zero attached hydrogens (tertiary/aromatic N) is 2. The van der Waals surface area contributed by atoms with Gasteiger partial charge >= 0.3 is 0 Å². The first kappa shape index (κ1) is 21.0. The van der Waals surface area contributed by atoms with Gasteiger partial charge < -0.3 is 14.0 Å². The summed E-state index contributed by atoms with van der Waals surface area (Å²) >= 11 is 1.27. The molecule has 4 aromatic rings. The first-order chi connectivity index (χ1) is 15.2. The number of carbonyl (C=O) groups is 1. The number of fused-ring (bicyclic) bond motifs is 1. The highest BCUT2D eigenvalue weighted by molar-refractivity contribution is 7.16. The Hall–Kier alpha value is -3.29. The second-order valence-corrected chi connectivity index (χ2v) is 7.69. The van der Waals surface area contributed by atoms with Crippen LogP contribution < -0.4 is 9.54 Å². The molecule has 0 saturated heterocycles. The van der Waals surface area contributed by atoms with Crippen LogP contribution in [0.5, 0.6) is 11.5 Å². The van der Waals surface area contributed by atoms with Crippen LogP contribution in [0, 0.1) is 5.82 Å². The summed E-state index contributed by atoms with van der Waals surface area (Å²) < 4.78 is 28.2. The van der Waals surface area contributed by atoms with Gasteiger partial charge in [-0.25, -0.2) is 4.39 Å². The van der Waals surface area contributed by atoms with Gasteiger partial charge in [-0.15, -0.1) is 0 Å². The topological polar surface area (TPSA) is 52.8 Å². The van der Waals surface area contributed by atoms with Gasteiger partial charge in [-0.2, -0.15) is 4.99 Å². The Bertz CT molecular complexity index is 1260. The first-order valence-electron chi connectivity index (χ1n) is 9.93. The minimum absolute atomic E-state index is 0.350. The lowest BCUT2D eigenvalue weighted by atomic mass is 10.2. The standard InChI is InChI=1S/C24H21FN2O3S/c1-2-29-15-14-27-22-20(25)12-7-13-21(22)31-24(27)26-23(28)17-8-6-11-19(16-17)30-18-9-4-3-5-10-18/h3-13,16H,2,14-15H2,1H3. The number of halogens is 1. The van der Waals surface area contributed by atoms with Gasteiger partial charge in [0.1, 0.15) is 17.3 Å². The predicted octanol–water partition coefficient (Wildman–Crippen LogP) is 5.41. The van der Waals surface area contributed by atoms with E-state index in [0.717, 1.165) is 4.70 Å². The zero-order chi connectivity index (χ0) is 21.6. The molecule has 0 atom stereocenters. The van der Waals surface area contributed by atoms with Crippen LogP contribution in [-0.4, -0.2) is 23.7 Å². The molecule has 5 nitrogen and oxygen atoms in total. The molecule has 7 heteroatoms. The maximum atomic E-state index is 14.5. The van der Waals surface area contributed by atoms with E-state index in [0.29, 0.717) is 47.1 Å². The molecule has 0 aliphatic heterocycles. The number of benzene rings is 3. The molecule has 4 rings (SSSR count). The van der Waals surface area contributed by atoms with Gasteiger partial charge in [0.2, 0.25) is 0 Å². The fraction of sp³-hybridized carbons (Fsp3) is 0.167. The van der Waals surface area contributed by atoms with E-state index in [1.807, 2.05) is 43.3 Å². The van der Waals surface area contributed by atoms with E-state index >= 15 is 0 Å². The van der Waals surface area contributed by atoms with Crippen molar-refractivity contribution < 1.29 is 18.7 Å². The molecule has 0 saturated carbocycles. The summed E-state index contributed by atoms with van der Waals surface area (Å²) in [7, 11) is 0. The Morgan fingerprint density at radius 1 is 1.03 bits per heavy atom. The lowest BCUT2D eigenvalue weighted by Crippen LogP contribution is -2.20. The maximum Gasteiger partial charge on any atom is 0.279 e. The number of thiazole rings is 1. The van der Waals surface area contributed by atoms with Crippen molar-refractivity contribution in [3.8, 4) is 11.5 Å². The number of hydrogen-bond donors (Lipinski definition) is 0. The Morgan fingerprint density at radius 2 is 1.81 bits per heavy atom. The van der Waals surface area contributed by atoms with Crippen LogP contribution >= 0.6 is 11.3 Å². The SMILES string of the molecule is CCOCCn1c(=NC(=O)c2cccc(Oc3ccccc3)c2)sc2cccc(F)c21. The molecule has 0 unspecified atom stereocenters. The molecule has 31 heavy (non-hydrogen) atoms. The van der Waals surface area contributed by atoms with E-state index in [1.54, 1.807) is 34.9 Å². The Labute approximate surface area is 183 Å². The molecule has 0 aliphatic carbocycles. The van der Waals surface area contributed by atoms with E-state index in [1.165, 1.54) is 17.4 Å². The molecule has 158 valence electrons. The third-order valence-electron chi connectivity index (χ3n) is 4.57. The van der Waals surface area contributed by atoms with Gasteiger partial charge in [-0.05, 0) is 49.4 Å². The fourth-order valence-corrected chi connectivity index (χ4v) is 4.22. The van der Waals surface area contributed by atoms with Crippen LogP contribution in [0.1, 0.15) is 17.3 Å². The van der Waals surface area contributed by atoms with Gasteiger partial charge in [0.25, 0.3) is 5.91 Å². The normalized spacial score (nSPS) is 11.7. The first-order valence-corrected chi connectivity index (χ1v) is 10.7. The molecule has 0 radical (unpaired) electrons. The van der Waals surface area contributed by atoms with Crippen LogP contribution in [0.25, 0.3) is 10.2 Å². The number of carbonyl (C=O) groups excluding carboxylic acids is 1. The lowest BCUT2D eigenvalue weighted by molar-refractivity contribution is 0.0996. The Morgan fingerprint density at radius 3 is 2.61 bits per heavy atom. The molecule has 0 N–H and O–H groups in total. The van der Waals surface area contributed by atoms with Crippen molar-refractivity contribution in [3.63, 3.8) is 0 Å². The number of aromatic nitrogens is 1. The smallest absolute Gasteiger partial charge is 0.279 e. The van der Waals surface area contributed by atoms with E-state index in [9.17, 15) is 9.18 Å². The van der Waals surface area contributed by atoms with E-state index < -0.39 is 5.91 Å². The summed E-state index contributed by atoms with van der Waals surface area (Å²) in [4.78, 5) is 17.6. The number of ether oxygens (including phenoxy) is 2. The second-order valence-electron chi connectivity index (χ2n) is 6.68. The van der Waals surface area contributed by atoms with E-state index in [4.69, 9.17) is 9.47 Å². The van der Waals surface area contributed by atoms with Gasteiger partial charge in [-0.3, -0.25) is 4.79 Å². The third-order valence-corrected chi connectivity index (χ3v) is 5.62. The summed E-state index contributed by atoms with van der Waals surface area (Å²) in [6.45, 7) is 3.26. The van der Waals surface area contributed by atoms with Crippen LogP contribution in [0.3, 0.4) is 0 Å². The predicted molar refractivity (Wildman–Crippen MR) is 119 cm³/mol. The van der Waals surface area contributed by atoms with E-state index in [2.05, 4.69) is 4.99 Å².